The lowest BCUT2D eigenvalue weighted by atomic mass is 10.2. The Morgan fingerprint density at radius 2 is 1.96 bits per heavy atom. The summed E-state index contributed by atoms with van der Waals surface area (Å²) >= 11 is 0. The summed E-state index contributed by atoms with van der Waals surface area (Å²) < 4.78 is 10.8. The summed E-state index contributed by atoms with van der Waals surface area (Å²) in [6.07, 6.45) is 1.28. The summed E-state index contributed by atoms with van der Waals surface area (Å²) in [4.78, 5) is 39.7. The molecule has 0 radical (unpaired) electrons. The fourth-order valence-corrected chi connectivity index (χ4v) is 3.41. The number of benzene rings is 1. The second kappa shape index (κ2) is 7.86. The Bertz CT molecular complexity index is 695. The number of rotatable bonds is 4. The van der Waals surface area contributed by atoms with Crippen molar-refractivity contribution in [2.75, 3.05) is 31.1 Å². The zero-order valence-electron chi connectivity index (χ0n) is 15.1. The summed E-state index contributed by atoms with van der Waals surface area (Å²) in [5, 5.41) is 0. The van der Waals surface area contributed by atoms with Gasteiger partial charge in [0.05, 0.1) is 17.8 Å². The highest BCUT2D eigenvalue weighted by atomic mass is 16.5. The molecule has 3 rings (SSSR count). The molecule has 7 heteroatoms. The van der Waals surface area contributed by atoms with E-state index in [0.29, 0.717) is 37.3 Å². The highest BCUT2D eigenvalue weighted by Gasteiger charge is 2.27. The zero-order chi connectivity index (χ0) is 18.7. The van der Waals surface area contributed by atoms with Gasteiger partial charge in [0.25, 0.3) is 5.91 Å². The minimum atomic E-state index is -0.568. The van der Waals surface area contributed by atoms with Gasteiger partial charge in [-0.15, -0.1) is 0 Å². The number of anilines is 1. The van der Waals surface area contributed by atoms with Crippen LogP contribution in [-0.2, 0) is 19.1 Å². The van der Waals surface area contributed by atoms with Crippen molar-refractivity contribution in [1.29, 1.82) is 0 Å². The molecule has 1 aromatic carbocycles. The van der Waals surface area contributed by atoms with Crippen LogP contribution in [0, 0.1) is 0 Å². The molecule has 2 saturated heterocycles. The third-order valence-corrected chi connectivity index (χ3v) is 4.57. The normalized spacial score (nSPS) is 23.2. The first kappa shape index (κ1) is 18.4. The van der Waals surface area contributed by atoms with E-state index in [9.17, 15) is 14.4 Å². The molecule has 2 atom stereocenters. The van der Waals surface area contributed by atoms with E-state index in [4.69, 9.17) is 9.47 Å². The molecule has 2 heterocycles. The lowest BCUT2D eigenvalue weighted by Gasteiger charge is -2.35. The van der Waals surface area contributed by atoms with E-state index in [1.54, 1.807) is 34.1 Å². The lowest BCUT2D eigenvalue weighted by molar-refractivity contribution is -0.146. The van der Waals surface area contributed by atoms with Crippen molar-refractivity contribution in [3.63, 3.8) is 0 Å². The second-order valence-electron chi connectivity index (χ2n) is 6.83. The molecule has 140 valence electrons. The van der Waals surface area contributed by atoms with E-state index in [2.05, 4.69) is 0 Å². The summed E-state index contributed by atoms with van der Waals surface area (Å²) in [5.74, 6) is -0.742. The standard InChI is InChI=1S/C19H24N2O5/c1-13-10-20(11-14(2)26-13)18(23)12-25-19(24)15-5-3-6-16(9-15)21-8-4-7-17(21)22/h3,5-6,9,13-14H,4,7-8,10-12H2,1-2H3/t13-,14-/m1/s1. The molecule has 0 N–H and O–H groups in total. The number of hydrogen-bond acceptors (Lipinski definition) is 5. The Labute approximate surface area is 152 Å². The van der Waals surface area contributed by atoms with E-state index in [-0.39, 0.29) is 30.6 Å². The highest BCUT2D eigenvalue weighted by Crippen LogP contribution is 2.22. The zero-order valence-corrected chi connectivity index (χ0v) is 15.1. The van der Waals surface area contributed by atoms with Gasteiger partial charge in [0.15, 0.2) is 6.61 Å². The van der Waals surface area contributed by atoms with E-state index in [1.165, 1.54) is 0 Å². The van der Waals surface area contributed by atoms with Crippen molar-refractivity contribution in [1.82, 2.24) is 4.90 Å². The molecule has 2 fully saturated rings. The van der Waals surface area contributed by atoms with Crippen molar-refractivity contribution in [2.24, 2.45) is 0 Å². The average molecular weight is 360 g/mol. The van der Waals surface area contributed by atoms with Crippen LogP contribution in [0.5, 0.6) is 0 Å². The molecule has 2 amide bonds. The third kappa shape index (κ3) is 4.22. The predicted octanol–water partition coefficient (Wildman–Crippen LogP) is 1.61. The van der Waals surface area contributed by atoms with Crippen LogP contribution in [0.3, 0.4) is 0 Å². The fourth-order valence-electron chi connectivity index (χ4n) is 3.41. The Hall–Kier alpha value is -2.41. The lowest BCUT2D eigenvalue weighted by Crippen LogP contribution is -2.49. The first-order valence-electron chi connectivity index (χ1n) is 8.95. The van der Waals surface area contributed by atoms with Gasteiger partial charge in [-0.25, -0.2) is 4.79 Å². The smallest absolute Gasteiger partial charge is 0.338 e. The molecule has 0 spiro atoms. The topological polar surface area (TPSA) is 76.2 Å². The molecule has 0 unspecified atom stereocenters. The fraction of sp³-hybridized carbons (Fsp3) is 0.526. The molecular weight excluding hydrogens is 336 g/mol. The first-order valence-corrected chi connectivity index (χ1v) is 8.95. The van der Waals surface area contributed by atoms with E-state index < -0.39 is 5.97 Å². The monoisotopic (exact) mass is 360 g/mol. The predicted molar refractivity (Wildman–Crippen MR) is 94.9 cm³/mol. The van der Waals surface area contributed by atoms with Crippen LogP contribution in [0.4, 0.5) is 5.69 Å². The van der Waals surface area contributed by atoms with Crippen LogP contribution < -0.4 is 4.90 Å². The Morgan fingerprint density at radius 3 is 2.62 bits per heavy atom. The van der Waals surface area contributed by atoms with Gasteiger partial charge in [0.2, 0.25) is 5.91 Å². The molecular formula is C19H24N2O5. The van der Waals surface area contributed by atoms with Crippen molar-refractivity contribution < 1.29 is 23.9 Å². The minimum absolute atomic E-state index is 0.0342. The SMILES string of the molecule is C[C@@H]1CN(C(=O)COC(=O)c2cccc(N3CCCC3=O)c2)C[C@@H](C)O1. The van der Waals surface area contributed by atoms with Crippen LogP contribution in [0.25, 0.3) is 0 Å². The molecule has 0 saturated carbocycles. The second-order valence-corrected chi connectivity index (χ2v) is 6.83. The third-order valence-electron chi connectivity index (χ3n) is 4.57. The maximum Gasteiger partial charge on any atom is 0.338 e. The van der Waals surface area contributed by atoms with Gasteiger partial charge < -0.3 is 19.3 Å². The van der Waals surface area contributed by atoms with Crippen LogP contribution in [0.2, 0.25) is 0 Å². The van der Waals surface area contributed by atoms with Crippen molar-refractivity contribution in [2.45, 2.75) is 38.9 Å². The number of esters is 1. The number of ether oxygens (including phenoxy) is 2. The average Bonchev–Trinajstić information content (AvgIpc) is 3.04. The number of nitrogens with zero attached hydrogens (tertiary/aromatic N) is 2. The quantitative estimate of drug-likeness (QED) is 0.763. The molecule has 2 aliphatic heterocycles. The maximum atomic E-state index is 12.3. The molecule has 7 nitrogen and oxygen atoms in total. The molecule has 2 aliphatic rings. The maximum absolute atomic E-state index is 12.3. The number of hydrogen-bond donors (Lipinski definition) is 0. The van der Waals surface area contributed by atoms with Gasteiger partial charge >= 0.3 is 5.97 Å². The number of morpholine rings is 1. The number of carbonyl (C=O) groups excluding carboxylic acids is 3. The molecule has 1 aromatic rings. The van der Waals surface area contributed by atoms with Gasteiger partial charge in [-0.05, 0) is 38.5 Å². The van der Waals surface area contributed by atoms with E-state index in [0.717, 1.165) is 6.42 Å². The Morgan fingerprint density at radius 1 is 1.23 bits per heavy atom. The van der Waals surface area contributed by atoms with Crippen molar-refractivity contribution in [3.05, 3.63) is 29.8 Å². The molecule has 0 aromatic heterocycles. The van der Waals surface area contributed by atoms with Crippen LogP contribution in [0.15, 0.2) is 24.3 Å². The molecule has 0 aliphatic carbocycles. The highest BCUT2D eigenvalue weighted by molar-refractivity contribution is 5.97. The van der Waals surface area contributed by atoms with Crippen molar-refractivity contribution in [3.8, 4) is 0 Å². The van der Waals surface area contributed by atoms with Gasteiger partial charge in [-0.2, -0.15) is 0 Å². The number of amides is 2. The van der Waals surface area contributed by atoms with E-state index >= 15 is 0 Å². The minimum Gasteiger partial charge on any atom is -0.452 e. The Kier molecular flexibility index (Phi) is 5.56. The first-order chi connectivity index (χ1) is 12.4. The van der Waals surface area contributed by atoms with Gasteiger partial charge in [0, 0.05) is 31.7 Å². The Balaban J connectivity index is 1.58. The van der Waals surface area contributed by atoms with Crippen LogP contribution >= 0.6 is 0 Å². The summed E-state index contributed by atoms with van der Waals surface area (Å²) in [6, 6.07) is 6.76. The number of carbonyl (C=O) groups is 3. The van der Waals surface area contributed by atoms with Crippen molar-refractivity contribution >= 4 is 23.5 Å². The van der Waals surface area contributed by atoms with Gasteiger partial charge in [0.1, 0.15) is 0 Å². The van der Waals surface area contributed by atoms with Crippen LogP contribution in [0.1, 0.15) is 37.0 Å². The summed E-state index contributed by atoms with van der Waals surface area (Å²) in [7, 11) is 0. The molecule has 0 bridgehead atoms. The van der Waals surface area contributed by atoms with Gasteiger partial charge in [-0.3, -0.25) is 9.59 Å². The van der Waals surface area contributed by atoms with Crippen LogP contribution in [-0.4, -0.2) is 61.1 Å². The molecule has 26 heavy (non-hydrogen) atoms. The summed E-state index contributed by atoms with van der Waals surface area (Å²) in [5.41, 5.74) is 1.02. The largest absolute Gasteiger partial charge is 0.452 e. The van der Waals surface area contributed by atoms with Gasteiger partial charge in [-0.1, -0.05) is 6.07 Å². The van der Waals surface area contributed by atoms with E-state index in [1.807, 2.05) is 13.8 Å². The summed E-state index contributed by atoms with van der Waals surface area (Å²) in [6.45, 7) is 5.16.